The Labute approximate surface area is 174 Å². The van der Waals surface area contributed by atoms with Crippen LogP contribution in [0.25, 0.3) is 0 Å². The molecule has 0 aromatic heterocycles. The highest BCUT2D eigenvalue weighted by molar-refractivity contribution is 6.37. The van der Waals surface area contributed by atoms with Gasteiger partial charge in [-0.05, 0) is 74.6 Å². The number of barbiturate groups is 1. The molecule has 0 spiro atoms. The van der Waals surface area contributed by atoms with Gasteiger partial charge >= 0.3 is 6.03 Å². The van der Waals surface area contributed by atoms with E-state index < -0.39 is 17.8 Å². The van der Waals surface area contributed by atoms with E-state index in [1.807, 2.05) is 31.7 Å². The van der Waals surface area contributed by atoms with Crippen LogP contribution < -0.4 is 15.1 Å². The number of benzene rings is 2. The normalized spacial score (nSPS) is 20.5. The Morgan fingerprint density at radius 2 is 1.87 bits per heavy atom. The van der Waals surface area contributed by atoms with Gasteiger partial charge in [0.05, 0.1) is 5.69 Å². The van der Waals surface area contributed by atoms with E-state index in [2.05, 4.69) is 5.32 Å². The molecular weight excluding hydrogens is 385 g/mol. The number of carbonyl (C=O) groups excluding carboxylic acids is 3. The van der Waals surface area contributed by atoms with Gasteiger partial charge in [-0.2, -0.15) is 0 Å². The summed E-state index contributed by atoms with van der Waals surface area (Å²) >= 11 is 0. The Hall–Kier alpha value is -3.48. The standard InChI is InChI=1S/C23H22FN3O3/c1-13-5-4-6-19(15(13)3)27-22(29)18(21(28)25-23(27)30)12-26-14(2)7-8-16-11-17(24)9-10-20(16)26/h4-6,9-12,14H,7-8H2,1-3H3,(H,25,28,30)/b18-12-/t14-/m0/s1. The van der Waals surface area contributed by atoms with Gasteiger partial charge < -0.3 is 4.90 Å². The van der Waals surface area contributed by atoms with Crippen LogP contribution in [0.4, 0.5) is 20.6 Å². The average molecular weight is 407 g/mol. The highest BCUT2D eigenvalue weighted by Crippen LogP contribution is 2.33. The molecule has 0 bridgehead atoms. The molecule has 0 aliphatic carbocycles. The van der Waals surface area contributed by atoms with Crippen LogP contribution in [0, 0.1) is 19.7 Å². The molecule has 2 aromatic carbocycles. The summed E-state index contributed by atoms with van der Waals surface area (Å²) in [5.41, 5.74) is 3.57. The quantitative estimate of drug-likeness (QED) is 0.608. The van der Waals surface area contributed by atoms with E-state index in [-0.39, 0.29) is 17.4 Å². The molecule has 6 nitrogen and oxygen atoms in total. The molecule has 7 heteroatoms. The van der Waals surface area contributed by atoms with Crippen LogP contribution in [0.3, 0.4) is 0 Å². The summed E-state index contributed by atoms with van der Waals surface area (Å²) in [5, 5.41) is 2.26. The first-order valence-corrected chi connectivity index (χ1v) is 9.82. The second kappa shape index (κ2) is 7.40. The minimum absolute atomic E-state index is 0.00263. The number of nitrogens with zero attached hydrogens (tertiary/aromatic N) is 2. The highest BCUT2D eigenvalue weighted by atomic mass is 19.1. The van der Waals surface area contributed by atoms with Crippen molar-refractivity contribution in [2.75, 3.05) is 9.80 Å². The zero-order chi connectivity index (χ0) is 21.6. The summed E-state index contributed by atoms with van der Waals surface area (Å²) in [6, 6.07) is 9.03. The summed E-state index contributed by atoms with van der Waals surface area (Å²) < 4.78 is 13.7. The van der Waals surface area contributed by atoms with Gasteiger partial charge in [0.1, 0.15) is 11.4 Å². The Bertz CT molecular complexity index is 1110. The number of aryl methyl sites for hydroxylation is 2. The van der Waals surface area contributed by atoms with Crippen molar-refractivity contribution in [3.63, 3.8) is 0 Å². The van der Waals surface area contributed by atoms with Crippen LogP contribution in [-0.4, -0.2) is 23.9 Å². The number of amides is 4. The van der Waals surface area contributed by atoms with Crippen molar-refractivity contribution in [3.8, 4) is 0 Å². The lowest BCUT2D eigenvalue weighted by molar-refractivity contribution is -0.122. The predicted octanol–water partition coefficient (Wildman–Crippen LogP) is 3.75. The maximum Gasteiger partial charge on any atom is 0.335 e. The molecule has 2 heterocycles. The molecular formula is C23H22FN3O3. The van der Waals surface area contributed by atoms with Crippen LogP contribution in [-0.2, 0) is 16.0 Å². The van der Waals surface area contributed by atoms with Crippen molar-refractivity contribution in [2.24, 2.45) is 0 Å². The monoisotopic (exact) mass is 407 g/mol. The second-order valence-electron chi connectivity index (χ2n) is 7.73. The molecule has 1 fully saturated rings. The number of hydrogen-bond donors (Lipinski definition) is 1. The van der Waals surface area contributed by atoms with Gasteiger partial charge in [0.25, 0.3) is 11.8 Å². The van der Waals surface area contributed by atoms with Crippen LogP contribution in [0.2, 0.25) is 0 Å². The lowest BCUT2D eigenvalue weighted by Gasteiger charge is -2.36. The second-order valence-corrected chi connectivity index (χ2v) is 7.73. The SMILES string of the molecule is Cc1cccc(N2C(=O)NC(=O)/C(=C/N3c4ccc(F)cc4CC[C@@H]3C)C2=O)c1C. The van der Waals surface area contributed by atoms with Gasteiger partial charge in [0.15, 0.2) is 0 Å². The molecule has 2 aliphatic rings. The number of nitrogens with one attached hydrogen (secondary N) is 1. The van der Waals surface area contributed by atoms with Crippen LogP contribution in [0.5, 0.6) is 0 Å². The Morgan fingerprint density at radius 3 is 2.63 bits per heavy atom. The zero-order valence-corrected chi connectivity index (χ0v) is 17.0. The fraction of sp³-hybridized carbons (Fsp3) is 0.261. The first kappa shape index (κ1) is 19.8. The molecule has 1 N–H and O–H groups in total. The van der Waals surface area contributed by atoms with Crippen molar-refractivity contribution in [1.29, 1.82) is 0 Å². The third-order valence-corrected chi connectivity index (χ3v) is 5.81. The summed E-state index contributed by atoms with van der Waals surface area (Å²) in [6.45, 7) is 5.68. The van der Waals surface area contributed by atoms with Gasteiger partial charge in [-0.15, -0.1) is 0 Å². The summed E-state index contributed by atoms with van der Waals surface area (Å²) in [5.74, 6) is -1.75. The molecule has 1 saturated heterocycles. The van der Waals surface area contributed by atoms with E-state index in [0.717, 1.165) is 33.7 Å². The van der Waals surface area contributed by atoms with Crippen LogP contribution >= 0.6 is 0 Å². The number of carbonyl (C=O) groups is 3. The number of imide groups is 2. The van der Waals surface area contributed by atoms with Gasteiger partial charge in [-0.1, -0.05) is 12.1 Å². The maximum atomic E-state index is 13.7. The lowest BCUT2D eigenvalue weighted by atomic mass is 9.96. The number of hydrogen-bond acceptors (Lipinski definition) is 4. The van der Waals surface area contributed by atoms with E-state index in [1.54, 1.807) is 18.2 Å². The molecule has 154 valence electrons. The van der Waals surface area contributed by atoms with Crippen molar-refractivity contribution in [2.45, 2.75) is 39.7 Å². The topological polar surface area (TPSA) is 69.7 Å². The molecule has 4 rings (SSSR count). The minimum Gasteiger partial charge on any atom is -0.344 e. The number of urea groups is 1. The number of rotatable bonds is 2. The Balaban J connectivity index is 1.78. The van der Waals surface area contributed by atoms with Crippen molar-refractivity contribution < 1.29 is 18.8 Å². The smallest absolute Gasteiger partial charge is 0.335 e. The third-order valence-electron chi connectivity index (χ3n) is 5.81. The molecule has 0 saturated carbocycles. The molecule has 1 atom stereocenters. The number of anilines is 2. The number of fused-ring (bicyclic) bond motifs is 1. The van der Waals surface area contributed by atoms with Crippen molar-refractivity contribution >= 4 is 29.2 Å². The molecule has 0 unspecified atom stereocenters. The highest BCUT2D eigenvalue weighted by Gasteiger charge is 2.38. The first-order valence-electron chi connectivity index (χ1n) is 9.82. The average Bonchev–Trinajstić information content (AvgIpc) is 2.69. The van der Waals surface area contributed by atoms with Crippen molar-refractivity contribution in [1.82, 2.24) is 5.32 Å². The number of halogens is 1. The summed E-state index contributed by atoms with van der Waals surface area (Å²) in [4.78, 5) is 41.1. The van der Waals surface area contributed by atoms with E-state index >= 15 is 0 Å². The van der Waals surface area contributed by atoms with Gasteiger partial charge in [-0.3, -0.25) is 14.9 Å². The van der Waals surface area contributed by atoms with Crippen LogP contribution in [0.15, 0.2) is 48.2 Å². The minimum atomic E-state index is -0.773. The predicted molar refractivity (Wildman–Crippen MR) is 112 cm³/mol. The van der Waals surface area contributed by atoms with Gasteiger partial charge in [-0.25, -0.2) is 14.1 Å². The Morgan fingerprint density at radius 1 is 1.10 bits per heavy atom. The van der Waals surface area contributed by atoms with Crippen LogP contribution in [0.1, 0.15) is 30.0 Å². The fourth-order valence-electron chi connectivity index (χ4n) is 3.92. The van der Waals surface area contributed by atoms with E-state index in [1.165, 1.54) is 18.3 Å². The third kappa shape index (κ3) is 3.26. The molecule has 4 amide bonds. The van der Waals surface area contributed by atoms with E-state index in [0.29, 0.717) is 12.1 Å². The molecule has 30 heavy (non-hydrogen) atoms. The van der Waals surface area contributed by atoms with E-state index in [4.69, 9.17) is 0 Å². The summed E-state index contributed by atoms with van der Waals surface area (Å²) in [6.07, 6.45) is 2.93. The van der Waals surface area contributed by atoms with Gasteiger partial charge in [0, 0.05) is 17.9 Å². The Kier molecular flexibility index (Phi) is 4.89. The van der Waals surface area contributed by atoms with E-state index in [9.17, 15) is 18.8 Å². The zero-order valence-electron chi connectivity index (χ0n) is 17.0. The maximum absolute atomic E-state index is 13.7. The lowest BCUT2D eigenvalue weighted by Crippen LogP contribution is -2.55. The fourth-order valence-corrected chi connectivity index (χ4v) is 3.92. The first-order chi connectivity index (χ1) is 14.3. The summed E-state index contributed by atoms with van der Waals surface area (Å²) in [7, 11) is 0. The molecule has 2 aromatic rings. The molecule has 2 aliphatic heterocycles. The largest absolute Gasteiger partial charge is 0.344 e. The van der Waals surface area contributed by atoms with Crippen molar-refractivity contribution in [3.05, 3.63) is 70.7 Å². The van der Waals surface area contributed by atoms with Gasteiger partial charge in [0.2, 0.25) is 0 Å². The molecule has 0 radical (unpaired) electrons.